The summed E-state index contributed by atoms with van der Waals surface area (Å²) >= 11 is 7.55. The first-order valence-corrected chi connectivity index (χ1v) is 18.7. The third-order valence-corrected chi connectivity index (χ3v) is 11.8. The third-order valence-electron chi connectivity index (χ3n) is 11.4. The topological polar surface area (TPSA) is 47.6 Å². The van der Waals surface area contributed by atoms with Gasteiger partial charge in [0.2, 0.25) is 0 Å². The van der Waals surface area contributed by atoms with Crippen LogP contribution in [0.1, 0.15) is 11.1 Å². The summed E-state index contributed by atoms with van der Waals surface area (Å²) in [4.78, 5) is 0. The molecule has 55 heavy (non-hydrogen) atoms. The van der Waals surface area contributed by atoms with Gasteiger partial charge in [-0.1, -0.05) is 127 Å². The predicted octanol–water partition coefficient (Wildman–Crippen LogP) is 14.5. The number of hydrogen-bond donors (Lipinski definition) is 0. The molecule has 3 heteroatoms. The fourth-order valence-corrected chi connectivity index (χ4v) is 9.45. The van der Waals surface area contributed by atoms with Crippen molar-refractivity contribution in [3.05, 3.63) is 180 Å². The predicted molar refractivity (Wildman–Crippen MR) is 229 cm³/mol. The molecule has 1 aliphatic rings. The van der Waals surface area contributed by atoms with Gasteiger partial charge in [-0.05, 0) is 152 Å². The quantitative estimate of drug-likeness (QED) is 0.171. The highest BCUT2D eigenvalue weighted by molar-refractivity contribution is 6.37. The Hall–Kier alpha value is -7.23. The summed E-state index contributed by atoms with van der Waals surface area (Å²) < 4.78 is 0. The lowest BCUT2D eigenvalue weighted by Crippen LogP contribution is -1.96. The van der Waals surface area contributed by atoms with E-state index in [4.69, 9.17) is 11.6 Å². The molecule has 2 nitrogen and oxygen atoms in total. The maximum Gasteiger partial charge on any atom is 0.0991 e. The minimum absolute atomic E-state index is 0.593. The van der Waals surface area contributed by atoms with Crippen molar-refractivity contribution in [1.82, 2.24) is 0 Å². The lowest BCUT2D eigenvalue weighted by molar-refractivity contribution is 1.48. The van der Waals surface area contributed by atoms with Gasteiger partial charge in [-0.3, -0.25) is 0 Å². The number of nitrogens with zero attached hydrogens (tertiary/aromatic N) is 2. The van der Waals surface area contributed by atoms with Gasteiger partial charge in [0, 0.05) is 10.6 Å². The van der Waals surface area contributed by atoms with Crippen LogP contribution in [0.15, 0.2) is 164 Å². The van der Waals surface area contributed by atoms with Gasteiger partial charge < -0.3 is 0 Å². The van der Waals surface area contributed by atoms with E-state index in [1.54, 1.807) is 0 Å². The van der Waals surface area contributed by atoms with Gasteiger partial charge in [0.05, 0.1) is 23.3 Å². The van der Waals surface area contributed by atoms with Gasteiger partial charge >= 0.3 is 0 Å². The molecule has 0 spiro atoms. The standard InChI is InChI=1S/C52H27ClN2/c53-47-27-45-44(26-43(47)42-24-32-12-1-3-16-36(32)38-18-5-6-19-39(38)42)48(34-14-7-10-30(22-34)28-54)52-46-25-33-13-2-4-17-37(33)40-20-9-21-41(50(40)46)51(52)49(45)35-15-8-11-31(23-35)29-55/h1-27H. The summed E-state index contributed by atoms with van der Waals surface area (Å²) in [6.45, 7) is 0. The molecule has 0 heterocycles. The Balaban J connectivity index is 1.37. The normalized spacial score (nSPS) is 11.7. The highest BCUT2D eigenvalue weighted by atomic mass is 35.5. The molecule has 0 aliphatic heterocycles. The minimum atomic E-state index is 0.593. The molecule has 0 radical (unpaired) electrons. The Labute approximate surface area is 322 Å². The number of fused-ring (bicyclic) bond motifs is 9. The van der Waals surface area contributed by atoms with Crippen molar-refractivity contribution in [2.24, 2.45) is 0 Å². The number of hydrogen-bond acceptors (Lipinski definition) is 2. The molecular weight excluding hydrogens is 688 g/mol. The van der Waals surface area contributed by atoms with E-state index in [2.05, 4.69) is 140 Å². The van der Waals surface area contributed by atoms with Gasteiger partial charge in [-0.2, -0.15) is 10.5 Å². The van der Waals surface area contributed by atoms with Crippen molar-refractivity contribution in [1.29, 1.82) is 10.5 Å². The summed E-state index contributed by atoms with van der Waals surface area (Å²) in [5.41, 5.74) is 11.7. The highest BCUT2D eigenvalue weighted by Crippen LogP contribution is 2.59. The zero-order valence-corrected chi connectivity index (χ0v) is 30.1. The van der Waals surface area contributed by atoms with Crippen molar-refractivity contribution in [3.63, 3.8) is 0 Å². The van der Waals surface area contributed by atoms with Crippen LogP contribution in [0.3, 0.4) is 0 Å². The summed E-state index contributed by atoms with van der Waals surface area (Å²) in [5.74, 6) is 0. The summed E-state index contributed by atoms with van der Waals surface area (Å²) in [5, 5.41) is 32.3. The Bertz CT molecular complexity index is 3420. The minimum Gasteiger partial charge on any atom is -0.192 e. The van der Waals surface area contributed by atoms with Gasteiger partial charge in [-0.15, -0.1) is 0 Å². The summed E-state index contributed by atoms with van der Waals surface area (Å²) in [6.07, 6.45) is 0. The Morgan fingerprint density at radius 1 is 0.345 bits per heavy atom. The van der Waals surface area contributed by atoms with Crippen molar-refractivity contribution >= 4 is 65.5 Å². The van der Waals surface area contributed by atoms with Crippen LogP contribution < -0.4 is 0 Å². The lowest BCUT2D eigenvalue weighted by Gasteiger charge is -2.22. The zero-order valence-electron chi connectivity index (χ0n) is 29.4. The van der Waals surface area contributed by atoms with Crippen LogP contribution >= 0.6 is 11.6 Å². The maximum atomic E-state index is 10.2. The first kappa shape index (κ1) is 31.3. The van der Waals surface area contributed by atoms with Gasteiger partial charge in [0.1, 0.15) is 0 Å². The van der Waals surface area contributed by atoms with Crippen LogP contribution in [0.2, 0.25) is 5.02 Å². The van der Waals surface area contributed by atoms with Crippen LogP contribution in [-0.4, -0.2) is 0 Å². The van der Waals surface area contributed by atoms with E-state index in [1.165, 1.54) is 32.3 Å². The molecule has 0 atom stereocenters. The van der Waals surface area contributed by atoms with E-state index < -0.39 is 0 Å². The van der Waals surface area contributed by atoms with E-state index >= 15 is 0 Å². The third kappa shape index (κ3) is 4.54. The average Bonchev–Trinajstić information content (AvgIpc) is 3.56. The molecule has 1 aliphatic carbocycles. The first-order valence-electron chi connectivity index (χ1n) is 18.3. The largest absolute Gasteiger partial charge is 0.192 e. The zero-order chi connectivity index (χ0) is 36.8. The van der Waals surface area contributed by atoms with Crippen LogP contribution in [-0.2, 0) is 0 Å². The Morgan fingerprint density at radius 2 is 0.855 bits per heavy atom. The molecule has 10 aromatic rings. The van der Waals surface area contributed by atoms with E-state index in [9.17, 15) is 10.5 Å². The van der Waals surface area contributed by atoms with Crippen LogP contribution in [0.25, 0.3) is 109 Å². The molecule has 10 aromatic carbocycles. The monoisotopic (exact) mass is 714 g/mol. The molecule has 11 rings (SSSR count). The second kappa shape index (κ2) is 11.9. The molecule has 0 saturated carbocycles. The van der Waals surface area contributed by atoms with Gasteiger partial charge in [-0.25, -0.2) is 0 Å². The van der Waals surface area contributed by atoms with Crippen molar-refractivity contribution in [3.8, 4) is 67.8 Å². The molecule has 0 bridgehead atoms. The fourth-order valence-electron chi connectivity index (χ4n) is 9.18. The summed E-state index contributed by atoms with van der Waals surface area (Å²) in [6, 6.07) is 61.9. The summed E-state index contributed by atoms with van der Waals surface area (Å²) in [7, 11) is 0. The smallest absolute Gasteiger partial charge is 0.0991 e. The van der Waals surface area contributed by atoms with Crippen LogP contribution in [0.5, 0.6) is 0 Å². The van der Waals surface area contributed by atoms with Crippen LogP contribution in [0.4, 0.5) is 0 Å². The molecular formula is C52H27ClN2. The molecule has 0 aromatic heterocycles. The Kier molecular flexibility index (Phi) is 6.77. The first-order chi connectivity index (χ1) is 27.1. The second-order valence-electron chi connectivity index (χ2n) is 14.3. The Morgan fingerprint density at radius 3 is 1.51 bits per heavy atom. The van der Waals surface area contributed by atoms with E-state index in [1.807, 2.05) is 36.4 Å². The van der Waals surface area contributed by atoms with E-state index in [0.29, 0.717) is 16.1 Å². The van der Waals surface area contributed by atoms with Crippen molar-refractivity contribution in [2.45, 2.75) is 0 Å². The molecule has 0 saturated heterocycles. The van der Waals surface area contributed by atoms with Gasteiger partial charge in [0.25, 0.3) is 0 Å². The molecule has 0 unspecified atom stereocenters. The number of benzene rings is 10. The molecule has 0 amide bonds. The SMILES string of the molecule is N#Cc1cccc(-c2c3c(c(-c4cccc(C#N)c4)c4cc(-c5cc6ccccc6c6ccccc56)c(Cl)cc24)-c2cc4ccccc4c4cccc-3c24)c1. The molecule has 0 fully saturated rings. The average molecular weight is 715 g/mol. The van der Waals surface area contributed by atoms with Gasteiger partial charge in [0.15, 0.2) is 0 Å². The van der Waals surface area contributed by atoms with E-state index in [-0.39, 0.29) is 0 Å². The second-order valence-corrected chi connectivity index (χ2v) is 14.7. The highest BCUT2D eigenvalue weighted by Gasteiger charge is 2.32. The maximum absolute atomic E-state index is 10.2. The number of halogens is 1. The van der Waals surface area contributed by atoms with E-state index in [0.717, 1.165) is 77.2 Å². The lowest BCUT2D eigenvalue weighted by atomic mass is 9.81. The van der Waals surface area contributed by atoms with Crippen LogP contribution in [0, 0.1) is 22.7 Å². The fraction of sp³-hybridized carbons (Fsp3) is 0. The number of rotatable bonds is 3. The molecule has 0 N–H and O–H groups in total. The van der Waals surface area contributed by atoms with Crippen molar-refractivity contribution < 1.29 is 0 Å². The van der Waals surface area contributed by atoms with Crippen molar-refractivity contribution in [2.75, 3.05) is 0 Å². The molecule has 252 valence electrons. The number of nitriles is 2.